The molecule has 0 radical (unpaired) electrons. The highest BCUT2D eigenvalue weighted by atomic mass is 32.1. The molecule has 0 saturated carbocycles. The van der Waals surface area contributed by atoms with Crippen LogP contribution in [0.25, 0.3) is 10.9 Å². The highest BCUT2D eigenvalue weighted by Gasteiger charge is 2.09. The average Bonchev–Trinajstić information content (AvgIpc) is 3.03. The molecule has 112 valence electrons. The van der Waals surface area contributed by atoms with Crippen molar-refractivity contribution < 1.29 is 4.79 Å². The first kappa shape index (κ1) is 14.7. The van der Waals surface area contributed by atoms with Gasteiger partial charge in [-0.1, -0.05) is 18.2 Å². The van der Waals surface area contributed by atoms with E-state index in [1.54, 1.807) is 29.5 Å². The first-order valence-electron chi connectivity index (χ1n) is 6.66. The van der Waals surface area contributed by atoms with Gasteiger partial charge in [-0.05, 0) is 35.8 Å². The van der Waals surface area contributed by atoms with Gasteiger partial charge in [-0.15, -0.1) is 11.3 Å². The van der Waals surface area contributed by atoms with Crippen LogP contribution in [0.3, 0.4) is 0 Å². The van der Waals surface area contributed by atoms with E-state index in [4.69, 9.17) is 12.2 Å². The molecule has 2 N–H and O–H groups in total. The van der Waals surface area contributed by atoms with E-state index >= 15 is 0 Å². The van der Waals surface area contributed by atoms with E-state index in [0.29, 0.717) is 17.4 Å². The van der Waals surface area contributed by atoms with Crippen LogP contribution in [-0.2, 0) is 17.9 Å². The molecule has 0 bridgehead atoms. The minimum absolute atomic E-state index is 0.0929. The Labute approximate surface area is 135 Å². The maximum atomic E-state index is 12.4. The Morgan fingerprint density at radius 3 is 2.86 bits per heavy atom. The number of aromatic amines is 1. The standard InChI is InChI=1S/C15H13N3O2S2/c19-13(16-8-10-4-3-7-22-10)9-18-14(20)11-5-1-2-6-12(11)17-15(18)21/h1-7H,8-9H2,(H,16,19)(H,17,21). The van der Waals surface area contributed by atoms with Gasteiger partial charge in [0.25, 0.3) is 5.56 Å². The minimum Gasteiger partial charge on any atom is -0.350 e. The number of carbonyl (C=O) groups excluding carboxylic acids is 1. The van der Waals surface area contributed by atoms with E-state index in [9.17, 15) is 9.59 Å². The van der Waals surface area contributed by atoms with Crippen molar-refractivity contribution in [1.82, 2.24) is 14.9 Å². The predicted octanol–water partition coefficient (Wildman–Crippen LogP) is 2.44. The van der Waals surface area contributed by atoms with Crippen molar-refractivity contribution in [3.05, 3.63) is 61.8 Å². The second-order valence-corrected chi connectivity index (χ2v) is 6.14. The molecular weight excluding hydrogens is 318 g/mol. The largest absolute Gasteiger partial charge is 0.350 e. The van der Waals surface area contributed by atoms with Gasteiger partial charge in [-0.25, -0.2) is 0 Å². The molecule has 5 nitrogen and oxygen atoms in total. The number of carbonyl (C=O) groups is 1. The molecule has 3 rings (SSSR count). The first-order valence-corrected chi connectivity index (χ1v) is 7.95. The second-order valence-electron chi connectivity index (χ2n) is 4.72. The Morgan fingerprint density at radius 2 is 2.09 bits per heavy atom. The molecule has 0 saturated heterocycles. The summed E-state index contributed by atoms with van der Waals surface area (Å²) in [6, 6.07) is 11.0. The number of nitrogens with zero attached hydrogens (tertiary/aromatic N) is 1. The van der Waals surface area contributed by atoms with Crippen LogP contribution in [-0.4, -0.2) is 15.5 Å². The van der Waals surface area contributed by atoms with Crippen molar-refractivity contribution >= 4 is 40.4 Å². The molecule has 0 aliphatic heterocycles. The molecule has 2 heterocycles. The third-order valence-electron chi connectivity index (χ3n) is 3.23. The summed E-state index contributed by atoms with van der Waals surface area (Å²) in [6.45, 7) is 0.361. The lowest BCUT2D eigenvalue weighted by Crippen LogP contribution is -2.32. The number of hydrogen-bond acceptors (Lipinski definition) is 4. The normalized spacial score (nSPS) is 10.7. The number of hydrogen-bond donors (Lipinski definition) is 2. The third kappa shape index (κ3) is 3.00. The van der Waals surface area contributed by atoms with Gasteiger partial charge in [0, 0.05) is 4.88 Å². The lowest BCUT2D eigenvalue weighted by atomic mass is 10.2. The number of benzene rings is 1. The van der Waals surface area contributed by atoms with Crippen LogP contribution < -0.4 is 10.9 Å². The summed E-state index contributed by atoms with van der Waals surface area (Å²) in [7, 11) is 0. The van der Waals surface area contributed by atoms with Crippen LogP contribution in [0.2, 0.25) is 0 Å². The van der Waals surface area contributed by atoms with E-state index in [0.717, 1.165) is 4.88 Å². The fraction of sp³-hybridized carbons (Fsp3) is 0.133. The van der Waals surface area contributed by atoms with Crippen molar-refractivity contribution in [3.63, 3.8) is 0 Å². The van der Waals surface area contributed by atoms with Crippen molar-refractivity contribution in [1.29, 1.82) is 0 Å². The van der Waals surface area contributed by atoms with Gasteiger partial charge in [0.15, 0.2) is 4.77 Å². The molecule has 2 aromatic heterocycles. The molecule has 1 aromatic carbocycles. The Bertz CT molecular complexity index is 926. The molecule has 0 atom stereocenters. The number of aromatic nitrogens is 2. The summed E-state index contributed by atoms with van der Waals surface area (Å²) in [5.41, 5.74) is 0.415. The summed E-state index contributed by atoms with van der Waals surface area (Å²) in [5.74, 6) is -0.245. The monoisotopic (exact) mass is 331 g/mol. The molecular formula is C15H13N3O2S2. The molecule has 0 unspecified atom stereocenters. The number of amides is 1. The van der Waals surface area contributed by atoms with Crippen molar-refractivity contribution in [2.75, 3.05) is 0 Å². The van der Waals surface area contributed by atoms with E-state index in [1.165, 1.54) is 4.57 Å². The van der Waals surface area contributed by atoms with Gasteiger partial charge < -0.3 is 10.3 Å². The zero-order valence-corrected chi connectivity index (χ0v) is 13.2. The zero-order chi connectivity index (χ0) is 15.5. The van der Waals surface area contributed by atoms with E-state index in [2.05, 4.69) is 10.3 Å². The van der Waals surface area contributed by atoms with Gasteiger partial charge in [0.1, 0.15) is 6.54 Å². The number of thiophene rings is 1. The van der Waals surface area contributed by atoms with Gasteiger partial charge in [-0.3, -0.25) is 14.2 Å². The lowest BCUT2D eigenvalue weighted by molar-refractivity contribution is -0.121. The highest BCUT2D eigenvalue weighted by molar-refractivity contribution is 7.71. The lowest BCUT2D eigenvalue weighted by Gasteiger charge is -2.08. The van der Waals surface area contributed by atoms with Gasteiger partial charge >= 0.3 is 0 Å². The summed E-state index contributed by atoms with van der Waals surface area (Å²) in [6.07, 6.45) is 0. The highest BCUT2D eigenvalue weighted by Crippen LogP contribution is 2.08. The fourth-order valence-corrected chi connectivity index (χ4v) is 3.04. The van der Waals surface area contributed by atoms with Crippen LogP contribution in [0.4, 0.5) is 0 Å². The van der Waals surface area contributed by atoms with Crippen molar-refractivity contribution in [2.24, 2.45) is 0 Å². The molecule has 0 aliphatic rings. The van der Waals surface area contributed by atoms with Gasteiger partial charge in [0.2, 0.25) is 5.91 Å². The van der Waals surface area contributed by atoms with Crippen LogP contribution in [0.5, 0.6) is 0 Å². The van der Waals surface area contributed by atoms with Crippen LogP contribution in [0.15, 0.2) is 46.6 Å². The predicted molar refractivity (Wildman–Crippen MR) is 89.6 cm³/mol. The number of nitrogens with one attached hydrogen (secondary N) is 2. The topological polar surface area (TPSA) is 66.9 Å². The summed E-state index contributed by atoms with van der Waals surface area (Å²) in [4.78, 5) is 28.5. The maximum absolute atomic E-state index is 12.4. The fourth-order valence-electron chi connectivity index (χ4n) is 2.14. The molecule has 3 aromatic rings. The minimum atomic E-state index is -0.259. The van der Waals surface area contributed by atoms with Gasteiger partial charge in [-0.2, -0.15) is 0 Å². The number of H-pyrrole nitrogens is 1. The number of para-hydroxylation sites is 1. The maximum Gasteiger partial charge on any atom is 0.262 e. The summed E-state index contributed by atoms with van der Waals surface area (Å²) >= 11 is 6.75. The quantitative estimate of drug-likeness (QED) is 0.722. The van der Waals surface area contributed by atoms with E-state index in [1.807, 2.05) is 23.6 Å². The van der Waals surface area contributed by atoms with Crippen molar-refractivity contribution in [2.45, 2.75) is 13.1 Å². The van der Waals surface area contributed by atoms with Crippen LogP contribution in [0.1, 0.15) is 4.88 Å². The Kier molecular flexibility index (Phi) is 4.17. The van der Waals surface area contributed by atoms with Crippen molar-refractivity contribution in [3.8, 4) is 0 Å². The molecule has 1 amide bonds. The molecule has 7 heteroatoms. The molecule has 0 spiro atoms. The number of fused-ring (bicyclic) bond motifs is 1. The Morgan fingerprint density at radius 1 is 1.27 bits per heavy atom. The Balaban J connectivity index is 1.83. The first-order chi connectivity index (χ1) is 10.6. The van der Waals surface area contributed by atoms with E-state index in [-0.39, 0.29) is 22.8 Å². The third-order valence-corrected chi connectivity index (χ3v) is 4.43. The van der Waals surface area contributed by atoms with Gasteiger partial charge in [0.05, 0.1) is 17.4 Å². The molecule has 0 fully saturated rings. The second kappa shape index (κ2) is 6.25. The average molecular weight is 331 g/mol. The SMILES string of the molecule is O=C(Cn1c(=S)[nH]c2ccccc2c1=O)NCc1cccs1. The van der Waals surface area contributed by atoms with Crippen LogP contribution >= 0.6 is 23.6 Å². The van der Waals surface area contributed by atoms with Crippen LogP contribution in [0, 0.1) is 4.77 Å². The zero-order valence-electron chi connectivity index (χ0n) is 11.5. The van der Waals surface area contributed by atoms with E-state index < -0.39 is 0 Å². The summed E-state index contributed by atoms with van der Waals surface area (Å²) in [5, 5.41) is 5.25. The summed E-state index contributed by atoms with van der Waals surface area (Å²) < 4.78 is 1.52. The molecule has 0 aliphatic carbocycles. The Hall–Kier alpha value is -2.25. The smallest absolute Gasteiger partial charge is 0.262 e. The molecule has 22 heavy (non-hydrogen) atoms. The number of rotatable bonds is 4.